The Balaban J connectivity index is 2.10. The van der Waals surface area contributed by atoms with E-state index in [0.29, 0.717) is 31.5 Å². The lowest BCUT2D eigenvalue weighted by molar-refractivity contribution is 0.666. The maximum absolute atomic E-state index is 8.92. The molecule has 0 atom stereocenters. The predicted octanol–water partition coefficient (Wildman–Crippen LogP) is 2.78. The van der Waals surface area contributed by atoms with E-state index >= 15 is 0 Å². The molecule has 4 rings (SSSR count). The van der Waals surface area contributed by atoms with Crippen molar-refractivity contribution < 1.29 is 0 Å². The molecule has 0 spiro atoms. The Morgan fingerprint density at radius 3 is 1.93 bits per heavy atom. The van der Waals surface area contributed by atoms with Gasteiger partial charge in [-0.15, -0.1) is 0 Å². The van der Waals surface area contributed by atoms with Crippen LogP contribution in [0, 0.1) is 40.6 Å². The molecule has 0 aliphatic heterocycles. The van der Waals surface area contributed by atoms with Gasteiger partial charge in [-0.2, -0.15) is 35.5 Å². The molecule has 0 radical (unpaired) electrons. The molecule has 3 heterocycles. The van der Waals surface area contributed by atoms with Crippen LogP contribution < -0.4 is 0 Å². The second-order valence-electron chi connectivity index (χ2n) is 5.08. The number of hydrogen-bond donors (Lipinski definition) is 0. The number of hydrogen-bond acceptors (Lipinski definition) is 11. The largest absolute Gasteiger partial charge is 0.352 e. The fourth-order valence-corrected chi connectivity index (χ4v) is 4.42. The van der Waals surface area contributed by atoms with Crippen molar-refractivity contribution in [3.63, 3.8) is 0 Å². The van der Waals surface area contributed by atoms with Gasteiger partial charge in [0, 0.05) is 7.05 Å². The molecular weight excluding hydrogens is 398 g/mol. The Bertz CT molecular complexity index is 1370. The van der Waals surface area contributed by atoms with E-state index in [1.54, 1.807) is 25.3 Å². The third-order valence-corrected chi connectivity index (χ3v) is 5.49. The van der Waals surface area contributed by atoms with Gasteiger partial charge in [0.05, 0.1) is 9.40 Å². The zero-order valence-corrected chi connectivity index (χ0v) is 15.4. The van der Waals surface area contributed by atoms with Gasteiger partial charge in [0.1, 0.15) is 40.3 Å². The van der Waals surface area contributed by atoms with E-state index in [1.165, 1.54) is 27.5 Å². The first-order valence-electron chi connectivity index (χ1n) is 7.27. The topological polar surface area (TPSA) is 157 Å². The lowest BCUT2D eigenvalue weighted by Gasteiger charge is -1.90. The van der Waals surface area contributed by atoms with E-state index in [4.69, 9.17) is 22.4 Å². The molecule has 0 saturated carbocycles. The van der Waals surface area contributed by atoms with E-state index in [2.05, 4.69) is 35.0 Å². The molecule has 0 aliphatic carbocycles. The highest BCUT2D eigenvalue weighted by Crippen LogP contribution is 2.43. The third kappa shape index (κ3) is 2.61. The zero-order chi connectivity index (χ0) is 19.8. The van der Waals surface area contributed by atoms with Gasteiger partial charge in [0.2, 0.25) is 10.8 Å². The number of nitriles is 3. The van der Waals surface area contributed by atoms with Crippen LogP contribution in [0.1, 0.15) is 0 Å². The van der Waals surface area contributed by atoms with Gasteiger partial charge >= 0.3 is 11.0 Å². The highest BCUT2D eigenvalue weighted by atomic mass is 32.1. The maximum atomic E-state index is 8.92. The molecule has 28 heavy (non-hydrogen) atoms. The minimum atomic E-state index is -0.326. The standard InChI is InChI=1S/C15H3N11S2/c1-19-7(5-18)21-15-23-11-9-8(24-26(2)25-9)10-12(13(11)28-15)27-14(22-10)20-6(3-16)4-17/h2H3. The lowest BCUT2D eigenvalue weighted by Crippen LogP contribution is -1.90. The quantitative estimate of drug-likeness (QED) is 0.284. The fraction of sp³-hybridized carbons (Fsp3) is 0.0667. The number of amidine groups is 1. The first-order chi connectivity index (χ1) is 13.6. The van der Waals surface area contributed by atoms with E-state index in [-0.39, 0.29) is 21.8 Å². The molecule has 130 valence electrons. The fourth-order valence-electron chi connectivity index (χ4n) is 2.40. The summed E-state index contributed by atoms with van der Waals surface area (Å²) in [6.07, 6.45) is 0. The van der Waals surface area contributed by atoms with Crippen LogP contribution in [0.4, 0.5) is 10.3 Å². The summed E-state index contributed by atoms with van der Waals surface area (Å²) >= 11 is 2.35. The zero-order valence-electron chi connectivity index (χ0n) is 13.7. The lowest BCUT2D eigenvalue weighted by atomic mass is 10.2. The molecule has 0 fully saturated rings. The van der Waals surface area contributed by atoms with Crippen LogP contribution in [0.5, 0.6) is 0 Å². The summed E-state index contributed by atoms with van der Waals surface area (Å²) in [5, 5.41) is 35.9. The smallest absolute Gasteiger partial charge is 0.351 e. The maximum Gasteiger partial charge on any atom is 0.352 e. The number of aliphatic imine (C=N–C) groups is 2. The normalized spacial score (nSPS) is 11.1. The van der Waals surface area contributed by atoms with Crippen molar-refractivity contribution in [2.24, 2.45) is 17.0 Å². The van der Waals surface area contributed by atoms with Crippen molar-refractivity contribution in [3.8, 4) is 18.2 Å². The van der Waals surface area contributed by atoms with E-state index in [9.17, 15) is 0 Å². The van der Waals surface area contributed by atoms with Crippen LogP contribution in [0.15, 0.2) is 9.98 Å². The number of nitrogens with zero attached hydrogens (tertiary/aromatic N) is 11. The molecule has 0 N–H and O–H groups in total. The van der Waals surface area contributed by atoms with Crippen LogP contribution >= 0.6 is 22.7 Å². The molecule has 0 amide bonds. The Kier molecular flexibility index (Phi) is 3.95. The van der Waals surface area contributed by atoms with E-state index in [0.717, 1.165) is 0 Å². The Morgan fingerprint density at radius 1 is 0.929 bits per heavy atom. The summed E-state index contributed by atoms with van der Waals surface area (Å²) in [7, 11) is 1.66. The van der Waals surface area contributed by atoms with E-state index in [1.807, 2.05) is 0 Å². The molecule has 13 heteroatoms. The minimum absolute atomic E-state index is 0.227. The van der Waals surface area contributed by atoms with Crippen molar-refractivity contribution >= 4 is 76.0 Å². The van der Waals surface area contributed by atoms with Crippen LogP contribution in [0.2, 0.25) is 0 Å². The van der Waals surface area contributed by atoms with Gasteiger partial charge < -0.3 is 4.85 Å². The number of thiazole rings is 2. The molecule has 0 aliphatic rings. The average Bonchev–Trinajstić information content (AvgIpc) is 3.39. The molecular formula is C15H3N11S2. The minimum Gasteiger partial charge on any atom is -0.351 e. The first-order valence-corrected chi connectivity index (χ1v) is 8.90. The number of aryl methyl sites for hydroxylation is 1. The van der Waals surface area contributed by atoms with Crippen LogP contribution in [0.25, 0.3) is 36.3 Å². The van der Waals surface area contributed by atoms with Gasteiger partial charge in [-0.1, -0.05) is 34.2 Å². The van der Waals surface area contributed by atoms with Crippen LogP contribution in [-0.4, -0.2) is 36.5 Å². The van der Waals surface area contributed by atoms with Crippen molar-refractivity contribution in [3.05, 3.63) is 11.4 Å². The highest BCUT2D eigenvalue weighted by molar-refractivity contribution is 7.30. The second-order valence-corrected chi connectivity index (χ2v) is 7.03. The molecule has 11 nitrogen and oxygen atoms in total. The van der Waals surface area contributed by atoms with Crippen molar-refractivity contribution in [2.75, 3.05) is 0 Å². The SMILES string of the molecule is [C-]#[N+]C(C#N)=Nc1nc2c3nn(C)nc3c3nc(N=C(C#N)C#N)sc3c2s1. The monoisotopic (exact) mass is 401 g/mol. The molecule has 3 aromatic heterocycles. The second kappa shape index (κ2) is 6.45. The summed E-state index contributed by atoms with van der Waals surface area (Å²) in [5.41, 5.74) is 1.70. The predicted molar refractivity (Wildman–Crippen MR) is 102 cm³/mol. The number of rotatable bonds is 2. The van der Waals surface area contributed by atoms with Gasteiger partial charge in [0.15, 0.2) is 0 Å². The highest BCUT2D eigenvalue weighted by Gasteiger charge is 2.22. The summed E-state index contributed by atoms with van der Waals surface area (Å²) < 4.78 is 1.38. The average molecular weight is 401 g/mol. The first kappa shape index (κ1) is 17.1. The van der Waals surface area contributed by atoms with Crippen molar-refractivity contribution in [1.29, 1.82) is 15.8 Å². The molecule has 1 aromatic carbocycles. The van der Waals surface area contributed by atoms with Gasteiger partial charge in [-0.05, 0) is 0 Å². The summed E-state index contributed by atoms with van der Waals surface area (Å²) in [4.78, 5) is 21.1. The molecule has 4 aromatic rings. The molecule has 0 unspecified atom stereocenters. The third-order valence-electron chi connectivity index (χ3n) is 3.43. The Hall–Kier alpha value is -4.30. The van der Waals surface area contributed by atoms with Crippen LogP contribution in [0.3, 0.4) is 0 Å². The summed E-state index contributed by atoms with van der Waals surface area (Å²) in [5.74, 6) is -0.326. The number of fused-ring (bicyclic) bond motifs is 6. The molecule has 0 bridgehead atoms. The van der Waals surface area contributed by atoms with Gasteiger partial charge in [-0.3, -0.25) is 0 Å². The van der Waals surface area contributed by atoms with Crippen LogP contribution in [-0.2, 0) is 7.05 Å². The van der Waals surface area contributed by atoms with Crippen molar-refractivity contribution in [1.82, 2.24) is 25.0 Å². The number of benzene rings is 1. The Morgan fingerprint density at radius 2 is 1.46 bits per heavy atom. The van der Waals surface area contributed by atoms with E-state index < -0.39 is 0 Å². The number of aromatic nitrogens is 5. The summed E-state index contributed by atoms with van der Waals surface area (Å²) in [6.45, 7) is 6.96. The van der Waals surface area contributed by atoms with Gasteiger partial charge in [-0.25, -0.2) is 10.2 Å². The van der Waals surface area contributed by atoms with Gasteiger partial charge in [0.25, 0.3) is 0 Å². The summed E-state index contributed by atoms with van der Waals surface area (Å²) in [6, 6.07) is 5.10. The van der Waals surface area contributed by atoms with Crippen molar-refractivity contribution in [2.45, 2.75) is 0 Å². The molecule has 0 saturated heterocycles. The Labute approximate surface area is 163 Å².